The number of hydrogen-bond donors (Lipinski definition) is 2. The summed E-state index contributed by atoms with van der Waals surface area (Å²) in [5, 5.41) is 2.91. The maximum Gasteiger partial charge on any atom is 0.411 e. The van der Waals surface area contributed by atoms with Crippen molar-refractivity contribution in [3.8, 4) is 22.3 Å². The van der Waals surface area contributed by atoms with Crippen molar-refractivity contribution in [2.45, 2.75) is 18.9 Å². The van der Waals surface area contributed by atoms with Crippen LogP contribution in [0.25, 0.3) is 33.2 Å². The van der Waals surface area contributed by atoms with Crippen molar-refractivity contribution < 1.29 is 27.1 Å². The molecule has 0 atom stereocenters. The number of carbonyl (C=O) groups excluding carboxylic acids is 1. The van der Waals surface area contributed by atoms with Gasteiger partial charge < -0.3 is 15.4 Å². The molecule has 1 aliphatic heterocycles. The van der Waals surface area contributed by atoms with E-state index in [-0.39, 0.29) is 17.3 Å². The molecule has 4 aromatic rings. The van der Waals surface area contributed by atoms with E-state index >= 15 is 0 Å². The number of methoxy groups -OCH3 is 1. The summed E-state index contributed by atoms with van der Waals surface area (Å²) in [6.07, 6.45) is 2.07. The van der Waals surface area contributed by atoms with E-state index in [1.54, 1.807) is 24.4 Å². The van der Waals surface area contributed by atoms with Crippen molar-refractivity contribution in [1.82, 2.24) is 4.98 Å². The molecule has 1 amide bonds. The zero-order valence-corrected chi connectivity index (χ0v) is 20.4. The minimum Gasteiger partial charge on any atom is -0.453 e. The number of benzene rings is 3. The lowest BCUT2D eigenvalue weighted by atomic mass is 9.95. The molecule has 3 aromatic carbocycles. The molecule has 3 N–H and O–H groups in total. The summed E-state index contributed by atoms with van der Waals surface area (Å²) in [4.78, 5) is 18.5. The van der Waals surface area contributed by atoms with Gasteiger partial charge in [0.1, 0.15) is 23.3 Å². The van der Waals surface area contributed by atoms with Crippen LogP contribution in [0.2, 0.25) is 0 Å². The molecular weight excluding hydrogens is 500 g/mol. The van der Waals surface area contributed by atoms with Gasteiger partial charge in [-0.05, 0) is 54.3 Å². The summed E-state index contributed by atoms with van der Waals surface area (Å²) in [6.45, 7) is 1.19. The third-order valence-corrected chi connectivity index (χ3v) is 6.65. The van der Waals surface area contributed by atoms with Crippen LogP contribution in [-0.2, 0) is 4.74 Å². The van der Waals surface area contributed by atoms with E-state index in [1.165, 1.54) is 12.1 Å². The Morgan fingerprint density at radius 1 is 0.947 bits per heavy atom. The first kappa shape index (κ1) is 25.5. The lowest BCUT2D eigenvalue weighted by molar-refractivity contribution is 0.187. The predicted octanol–water partition coefficient (Wildman–Crippen LogP) is 6.23. The standard InChI is InChI=1S/C28H24F4N4O2/c1-38-28(37)35-26-21(12-19(31)13-24(26)32)15-2-3-25-22(10-15)27(36-6-4-20(33)5-7-36)23(14-34-25)16-8-17(29)11-18(30)9-16/h2-3,8-14,20H,4-7,33H2,1H3,(H,35,37). The monoisotopic (exact) mass is 524 g/mol. The van der Waals surface area contributed by atoms with E-state index in [0.29, 0.717) is 65.3 Å². The molecule has 0 saturated carbocycles. The third-order valence-electron chi connectivity index (χ3n) is 6.65. The minimum absolute atomic E-state index is 0.0344. The largest absolute Gasteiger partial charge is 0.453 e. The number of fused-ring (bicyclic) bond motifs is 1. The predicted molar refractivity (Wildman–Crippen MR) is 138 cm³/mol. The maximum atomic E-state index is 14.8. The van der Waals surface area contributed by atoms with E-state index in [1.807, 2.05) is 0 Å². The average molecular weight is 525 g/mol. The van der Waals surface area contributed by atoms with Crippen molar-refractivity contribution >= 4 is 28.4 Å². The Labute approximate surface area is 216 Å². The van der Waals surface area contributed by atoms with Gasteiger partial charge in [-0.15, -0.1) is 0 Å². The number of hydrogen-bond acceptors (Lipinski definition) is 5. The van der Waals surface area contributed by atoms with Gasteiger partial charge in [-0.1, -0.05) is 6.07 Å². The highest BCUT2D eigenvalue weighted by Crippen LogP contribution is 2.41. The Kier molecular flexibility index (Phi) is 6.90. The minimum atomic E-state index is -0.974. The molecule has 0 spiro atoms. The molecule has 2 heterocycles. The summed E-state index contributed by atoms with van der Waals surface area (Å²) in [5.41, 5.74) is 8.39. The Hall–Kier alpha value is -4.18. The fourth-order valence-corrected chi connectivity index (χ4v) is 4.81. The molecular formula is C28H24F4N4O2. The van der Waals surface area contributed by atoms with Crippen molar-refractivity contribution in [3.63, 3.8) is 0 Å². The first-order valence-corrected chi connectivity index (χ1v) is 12.0. The van der Waals surface area contributed by atoms with Gasteiger partial charge >= 0.3 is 6.09 Å². The molecule has 38 heavy (non-hydrogen) atoms. The molecule has 1 fully saturated rings. The summed E-state index contributed by atoms with van der Waals surface area (Å²) in [5.74, 6) is -3.26. The first-order valence-electron chi connectivity index (χ1n) is 12.0. The number of nitrogens with one attached hydrogen (secondary N) is 1. The van der Waals surface area contributed by atoms with Crippen molar-refractivity contribution in [1.29, 1.82) is 0 Å². The second kappa shape index (κ2) is 10.3. The van der Waals surface area contributed by atoms with Crippen LogP contribution in [-0.4, -0.2) is 37.3 Å². The van der Waals surface area contributed by atoms with Gasteiger partial charge in [0.25, 0.3) is 0 Å². The summed E-state index contributed by atoms with van der Waals surface area (Å²) >= 11 is 0. The molecule has 10 heteroatoms. The zero-order chi connectivity index (χ0) is 27.0. The third kappa shape index (κ3) is 4.99. The molecule has 0 aliphatic carbocycles. The number of amides is 1. The lowest BCUT2D eigenvalue weighted by Crippen LogP contribution is -2.40. The molecule has 5 rings (SSSR count). The summed E-state index contributed by atoms with van der Waals surface area (Å²) < 4.78 is 62.0. The van der Waals surface area contributed by atoms with Gasteiger partial charge in [-0.3, -0.25) is 10.3 Å². The SMILES string of the molecule is COC(=O)Nc1c(F)cc(F)cc1-c1ccc2ncc(-c3cc(F)cc(F)c3)c(N3CCC(N)CC3)c2c1. The molecule has 0 radical (unpaired) electrons. The van der Waals surface area contributed by atoms with Crippen LogP contribution in [0.15, 0.2) is 54.7 Å². The second-order valence-corrected chi connectivity index (χ2v) is 9.16. The number of piperidine rings is 1. The van der Waals surface area contributed by atoms with Crippen molar-refractivity contribution in [3.05, 3.63) is 78.0 Å². The average Bonchev–Trinajstić information content (AvgIpc) is 2.89. The second-order valence-electron chi connectivity index (χ2n) is 9.16. The highest BCUT2D eigenvalue weighted by molar-refractivity contribution is 6.03. The number of rotatable bonds is 4. The van der Waals surface area contributed by atoms with Crippen LogP contribution in [0, 0.1) is 23.3 Å². The molecule has 0 unspecified atom stereocenters. The van der Waals surface area contributed by atoms with E-state index in [9.17, 15) is 22.4 Å². The van der Waals surface area contributed by atoms with Gasteiger partial charge in [-0.25, -0.2) is 22.4 Å². The maximum absolute atomic E-state index is 14.8. The lowest BCUT2D eigenvalue weighted by Gasteiger charge is -2.34. The number of halogens is 4. The fraction of sp³-hybridized carbons (Fsp3) is 0.214. The molecule has 6 nitrogen and oxygen atoms in total. The summed E-state index contributed by atoms with van der Waals surface area (Å²) in [7, 11) is 1.13. The van der Waals surface area contributed by atoms with Crippen molar-refractivity contribution in [2.24, 2.45) is 5.73 Å². The smallest absolute Gasteiger partial charge is 0.411 e. The zero-order valence-electron chi connectivity index (χ0n) is 20.4. The number of carbonyl (C=O) groups is 1. The van der Waals surface area contributed by atoms with E-state index in [0.717, 1.165) is 19.2 Å². The number of anilines is 2. The normalized spacial score (nSPS) is 14.1. The van der Waals surface area contributed by atoms with Crippen molar-refractivity contribution in [2.75, 3.05) is 30.4 Å². The van der Waals surface area contributed by atoms with Crippen LogP contribution in [0.1, 0.15) is 12.8 Å². The van der Waals surface area contributed by atoms with Gasteiger partial charge in [0.15, 0.2) is 0 Å². The van der Waals surface area contributed by atoms with Gasteiger partial charge in [0.2, 0.25) is 0 Å². The van der Waals surface area contributed by atoms with Crippen LogP contribution in [0.3, 0.4) is 0 Å². The fourth-order valence-electron chi connectivity index (χ4n) is 4.81. The highest BCUT2D eigenvalue weighted by Gasteiger charge is 2.24. The molecule has 1 saturated heterocycles. The number of pyridine rings is 1. The number of aromatic nitrogens is 1. The molecule has 196 valence electrons. The van der Waals surface area contributed by atoms with Crippen LogP contribution >= 0.6 is 0 Å². The van der Waals surface area contributed by atoms with E-state index in [4.69, 9.17) is 5.73 Å². The first-order chi connectivity index (χ1) is 18.2. The number of nitrogens with zero attached hydrogens (tertiary/aromatic N) is 2. The summed E-state index contributed by atoms with van der Waals surface area (Å²) in [6, 6.07) is 10.1. The Bertz CT molecular complexity index is 1520. The Morgan fingerprint density at radius 2 is 1.63 bits per heavy atom. The molecule has 0 bridgehead atoms. The van der Waals surface area contributed by atoms with Gasteiger partial charge in [0, 0.05) is 54.0 Å². The Morgan fingerprint density at radius 3 is 2.32 bits per heavy atom. The van der Waals surface area contributed by atoms with E-state index in [2.05, 4.69) is 19.9 Å². The quantitative estimate of drug-likeness (QED) is 0.310. The van der Waals surface area contributed by atoms with Gasteiger partial charge in [0.05, 0.1) is 24.0 Å². The number of ether oxygens (including phenoxy) is 1. The highest BCUT2D eigenvalue weighted by atomic mass is 19.1. The Balaban J connectivity index is 1.75. The molecule has 1 aromatic heterocycles. The van der Waals surface area contributed by atoms with Crippen LogP contribution in [0.5, 0.6) is 0 Å². The molecule has 1 aliphatic rings. The van der Waals surface area contributed by atoms with E-state index < -0.39 is 29.4 Å². The van der Waals surface area contributed by atoms with Crippen LogP contribution < -0.4 is 16.0 Å². The number of nitrogens with two attached hydrogens (primary N) is 1. The van der Waals surface area contributed by atoms with Crippen LogP contribution in [0.4, 0.5) is 33.7 Å². The van der Waals surface area contributed by atoms with Gasteiger partial charge in [-0.2, -0.15) is 0 Å². The topological polar surface area (TPSA) is 80.5 Å².